The van der Waals surface area contributed by atoms with Crippen LogP contribution in [0.4, 0.5) is 0 Å². The molecule has 1 heterocycles. The van der Waals surface area contributed by atoms with E-state index in [9.17, 15) is 0 Å². The lowest BCUT2D eigenvalue weighted by Crippen LogP contribution is -1.81. The van der Waals surface area contributed by atoms with E-state index in [-0.39, 0.29) is 0 Å². The van der Waals surface area contributed by atoms with E-state index in [1.165, 1.54) is 19.5 Å². The van der Waals surface area contributed by atoms with E-state index >= 15 is 0 Å². The number of thioether (sulfide) groups is 2. The Morgan fingerprint density at radius 1 is 0.708 bits per heavy atom. The fraction of sp³-hybridized carbons (Fsp3) is 0.118. The molecule has 3 rings (SSSR count). The van der Waals surface area contributed by atoms with Crippen molar-refractivity contribution in [3.8, 4) is 0 Å². The minimum absolute atomic E-state index is 0.973. The molecule has 3 aromatic rings. The summed E-state index contributed by atoms with van der Waals surface area (Å²) in [5.41, 5.74) is 2.66. The van der Waals surface area contributed by atoms with Gasteiger partial charge in [-0.2, -0.15) is 0 Å². The van der Waals surface area contributed by atoms with Gasteiger partial charge in [-0.15, -0.1) is 46.2 Å². The molecule has 0 saturated heterocycles. The maximum Gasteiger partial charge on any atom is 0.145 e. The second-order valence-electron chi connectivity index (χ2n) is 4.86. The van der Waals surface area contributed by atoms with Gasteiger partial charge < -0.3 is 0 Å². The topological polar surface area (TPSA) is 0 Å². The van der Waals surface area contributed by atoms with Crippen molar-refractivity contribution in [2.45, 2.75) is 19.9 Å². The van der Waals surface area contributed by atoms with E-state index < -0.39 is 0 Å². The van der Waals surface area contributed by atoms with Crippen LogP contribution in [0.2, 0.25) is 0 Å². The zero-order valence-electron chi connectivity index (χ0n) is 12.3. The SMILES string of the molecule is S=c1sc(SCc2ccc(Br)cc2)c(SCc2ccc(Br)cc2)s1. The number of benzene rings is 2. The van der Waals surface area contributed by atoms with Gasteiger partial charge in [0.05, 0.1) is 8.42 Å². The van der Waals surface area contributed by atoms with E-state index in [1.54, 1.807) is 22.7 Å². The molecule has 0 N–H and O–H groups in total. The number of hydrogen-bond donors (Lipinski definition) is 0. The van der Waals surface area contributed by atoms with Crippen LogP contribution in [0.5, 0.6) is 0 Å². The van der Waals surface area contributed by atoms with Crippen LogP contribution in [0.1, 0.15) is 11.1 Å². The molecule has 0 amide bonds. The summed E-state index contributed by atoms with van der Waals surface area (Å²) >= 11 is 19.6. The zero-order chi connectivity index (χ0) is 16.9. The molecule has 0 bridgehead atoms. The van der Waals surface area contributed by atoms with E-state index in [0.717, 1.165) is 23.6 Å². The molecule has 0 aliphatic heterocycles. The molecule has 0 unspecified atom stereocenters. The minimum Gasteiger partial charge on any atom is -0.109 e. The molecule has 1 aromatic heterocycles. The Hall–Kier alpha value is 0.370. The lowest BCUT2D eigenvalue weighted by atomic mass is 10.2. The van der Waals surface area contributed by atoms with Crippen molar-refractivity contribution in [1.29, 1.82) is 0 Å². The monoisotopic (exact) mass is 534 g/mol. The van der Waals surface area contributed by atoms with Gasteiger partial charge in [-0.1, -0.05) is 68.3 Å². The lowest BCUT2D eigenvalue weighted by molar-refractivity contribution is 1.37. The van der Waals surface area contributed by atoms with Crippen LogP contribution in [0.25, 0.3) is 0 Å². The number of halogens is 2. The van der Waals surface area contributed by atoms with Crippen molar-refractivity contribution in [2.75, 3.05) is 0 Å². The van der Waals surface area contributed by atoms with Gasteiger partial charge in [0.2, 0.25) is 0 Å². The molecular formula is C17H12Br2S5. The highest BCUT2D eigenvalue weighted by Gasteiger charge is 2.10. The first-order valence-corrected chi connectivity index (χ1v) is 12.6. The van der Waals surface area contributed by atoms with Gasteiger partial charge in [-0.05, 0) is 35.4 Å². The molecule has 0 nitrogen and oxygen atoms in total. The van der Waals surface area contributed by atoms with Crippen LogP contribution in [0.3, 0.4) is 0 Å². The lowest BCUT2D eigenvalue weighted by Gasteiger charge is -2.04. The number of hydrogen-bond acceptors (Lipinski definition) is 5. The van der Waals surface area contributed by atoms with Crippen LogP contribution in [-0.2, 0) is 11.5 Å². The molecule has 0 fully saturated rings. The average Bonchev–Trinajstić information content (AvgIpc) is 2.94. The number of rotatable bonds is 6. The van der Waals surface area contributed by atoms with Crippen LogP contribution in [0.15, 0.2) is 65.9 Å². The Morgan fingerprint density at radius 2 is 1.08 bits per heavy atom. The zero-order valence-corrected chi connectivity index (χ0v) is 19.6. The van der Waals surface area contributed by atoms with E-state index in [4.69, 9.17) is 12.2 Å². The summed E-state index contributed by atoms with van der Waals surface area (Å²) in [6.07, 6.45) is 0. The van der Waals surface area contributed by atoms with Gasteiger partial charge in [-0.25, -0.2) is 0 Å². The molecule has 0 saturated carbocycles. The maximum atomic E-state index is 5.41. The van der Waals surface area contributed by atoms with Crippen molar-refractivity contribution >= 4 is 90.3 Å². The Labute approximate surface area is 180 Å². The first kappa shape index (κ1) is 19.1. The minimum atomic E-state index is 0.973. The second-order valence-corrected chi connectivity index (χ2v) is 12.4. The molecule has 0 aliphatic carbocycles. The highest BCUT2D eigenvalue weighted by Crippen LogP contribution is 2.42. The quantitative estimate of drug-likeness (QED) is 0.229. The van der Waals surface area contributed by atoms with Gasteiger partial charge in [-0.3, -0.25) is 0 Å². The molecule has 124 valence electrons. The summed E-state index contributed by atoms with van der Waals surface area (Å²) in [7, 11) is 0. The predicted molar refractivity (Wildman–Crippen MR) is 120 cm³/mol. The largest absolute Gasteiger partial charge is 0.145 e. The summed E-state index contributed by atoms with van der Waals surface area (Å²) in [5.74, 6) is 1.95. The standard InChI is InChI=1S/C17H12Br2S5/c18-13-5-1-11(2-6-13)9-21-15-16(24-17(20)23-15)22-10-12-3-7-14(19)8-4-12/h1-8H,9-10H2. The van der Waals surface area contributed by atoms with Gasteiger partial charge in [0.1, 0.15) is 3.14 Å². The molecule has 0 atom stereocenters. The highest BCUT2D eigenvalue weighted by atomic mass is 79.9. The summed E-state index contributed by atoms with van der Waals surface area (Å²) in [4.78, 5) is 0. The third-order valence-electron chi connectivity index (χ3n) is 3.09. The Morgan fingerprint density at radius 3 is 1.46 bits per heavy atom. The Bertz CT molecular complexity index is 780. The molecular weight excluding hydrogens is 524 g/mol. The first-order valence-electron chi connectivity index (χ1n) is 6.98. The van der Waals surface area contributed by atoms with Crippen molar-refractivity contribution in [3.63, 3.8) is 0 Å². The van der Waals surface area contributed by atoms with Gasteiger partial charge in [0, 0.05) is 20.5 Å². The van der Waals surface area contributed by atoms with Crippen molar-refractivity contribution in [1.82, 2.24) is 0 Å². The third kappa shape index (κ3) is 5.69. The summed E-state index contributed by atoms with van der Waals surface area (Å²) in [6.45, 7) is 0. The predicted octanol–water partition coefficient (Wildman–Crippen LogP) is 8.65. The molecule has 0 radical (unpaired) electrons. The first-order chi connectivity index (χ1) is 11.6. The summed E-state index contributed by atoms with van der Waals surface area (Å²) < 4.78 is 5.93. The van der Waals surface area contributed by atoms with E-state index in [1.807, 2.05) is 23.5 Å². The third-order valence-corrected chi connectivity index (χ3v) is 9.87. The summed E-state index contributed by atoms with van der Waals surface area (Å²) in [5, 5.41) is 0. The maximum absolute atomic E-state index is 5.41. The average molecular weight is 536 g/mol. The molecule has 7 heteroatoms. The fourth-order valence-electron chi connectivity index (χ4n) is 1.89. The van der Waals surface area contributed by atoms with Gasteiger partial charge >= 0.3 is 0 Å². The molecule has 24 heavy (non-hydrogen) atoms. The second kappa shape index (κ2) is 9.35. The van der Waals surface area contributed by atoms with Crippen molar-refractivity contribution in [3.05, 3.63) is 71.7 Å². The molecule has 0 spiro atoms. The van der Waals surface area contributed by atoms with Crippen molar-refractivity contribution < 1.29 is 0 Å². The van der Waals surface area contributed by atoms with Crippen LogP contribution in [-0.4, -0.2) is 0 Å². The Balaban J connectivity index is 1.65. The molecule has 2 aromatic carbocycles. The smallest absolute Gasteiger partial charge is 0.109 e. The molecule has 0 aliphatic rings. The highest BCUT2D eigenvalue weighted by molar-refractivity contribution is 9.10. The van der Waals surface area contributed by atoms with Crippen LogP contribution < -0.4 is 0 Å². The van der Waals surface area contributed by atoms with Crippen molar-refractivity contribution in [2.24, 2.45) is 0 Å². The van der Waals surface area contributed by atoms with E-state index in [2.05, 4.69) is 80.4 Å². The Kier molecular flexibility index (Phi) is 7.46. The van der Waals surface area contributed by atoms with Crippen LogP contribution >= 0.6 is 90.3 Å². The fourth-order valence-corrected chi connectivity index (χ4v) is 8.44. The summed E-state index contributed by atoms with van der Waals surface area (Å²) in [6, 6.07) is 17.0. The van der Waals surface area contributed by atoms with Gasteiger partial charge in [0.25, 0.3) is 0 Å². The van der Waals surface area contributed by atoms with E-state index in [0.29, 0.717) is 0 Å². The van der Waals surface area contributed by atoms with Gasteiger partial charge in [0.15, 0.2) is 0 Å². The normalized spacial score (nSPS) is 10.9. The van der Waals surface area contributed by atoms with Crippen LogP contribution in [0, 0.1) is 3.14 Å².